The number of cyclic esters (lactones) is 1. The Labute approximate surface area is 747 Å². The number of hydrogen-bond acceptors (Lipinski definition) is 12. The largest absolute Gasteiger partial charge is 0 e. The van der Waals surface area contributed by atoms with E-state index in [-0.39, 0.29) is 163 Å². The van der Waals surface area contributed by atoms with Crippen molar-refractivity contribution in [2.75, 3.05) is 27.4 Å². The normalized spacial score (nSPS) is 13.8. The number of alkyl carbamates (subject to hydrolysis) is 2. The molecule has 0 spiro atoms. The maximum Gasteiger partial charge on any atom is 0 e. The minimum Gasteiger partial charge on any atom is 0 e. The molecule has 4 unspecified atom stereocenters. The Bertz CT molecular complexity index is 2940. The summed E-state index contributed by atoms with van der Waals surface area (Å²) in [5.41, 5.74) is -5.12. The molecule has 0 saturated carbocycles. The molecule has 100 heavy (non-hydrogen) atoms. The van der Waals surface area contributed by atoms with Gasteiger partial charge < -0.3 is 59.0 Å². The van der Waals surface area contributed by atoms with E-state index in [4.69, 9.17) is 15.6 Å². The van der Waals surface area contributed by atoms with Gasteiger partial charge in [0.05, 0.1) is 20.8 Å². The third kappa shape index (κ3) is 48.4. The van der Waals surface area contributed by atoms with Crippen LogP contribution in [0.15, 0.2) is 138 Å². The van der Waals surface area contributed by atoms with Gasteiger partial charge in [0.15, 0.2) is 5.54 Å². The van der Waals surface area contributed by atoms with Gasteiger partial charge in [-0.1, -0.05) is 111 Å². The molecule has 560 valence electrons. The van der Waals surface area contributed by atoms with Crippen molar-refractivity contribution < 1.29 is 254 Å². The molecule has 6 rings (SSSR count). The van der Waals surface area contributed by atoms with Crippen molar-refractivity contribution in [1.82, 2.24) is 10.6 Å². The molecule has 5 aromatic carbocycles. The fourth-order valence-electron chi connectivity index (χ4n) is 6.01. The van der Waals surface area contributed by atoms with E-state index in [1.165, 1.54) is 61.0 Å². The van der Waals surface area contributed by atoms with E-state index in [2.05, 4.69) is 192 Å². The van der Waals surface area contributed by atoms with Gasteiger partial charge in [0.25, 0.3) is 0 Å². The number of aliphatic hydroxyl groups excluding tert-OH is 1. The van der Waals surface area contributed by atoms with Gasteiger partial charge in [-0.3, -0.25) is 0 Å². The summed E-state index contributed by atoms with van der Waals surface area (Å²) in [6.45, 7) is 12.9. The fourth-order valence-corrected chi connectivity index (χ4v) is 6.01. The standard InChI is InChI=1S/C18H15F3NO4.C12H10F3NO4.C10H7F3NO2.C9H9F3NO.C4H9I.2C3H7.5HI.U.3V.4W/c1-25-15(23)17(18(19,20)21,14-10-6-3-7-11-14)22-16(24)26-12-13-8-4-2-5-9-13;1-19-10(17)9(12(13,14)15)16-11(18)20-7-8-5-3-2-4-6-8;11-10(12,13)9(6-16-8(15)14-9)7-4-2-1-3-5-7;10-9(11,12)8(13,6-14)7-4-2-1-3-5-7;1-3-4(2)5;2*1-3-2;;;;;;;;;;;;;/h2-6,8-11H,12H2,1H3,(H,22,24);2-6H,7H2,1H3;1-2,4-5H,6H2,(H,14,15);1-2,4-5,14H,6,13H2;4H,3H2,1-2H3;2*1,3H2,2H3;5*1H;;;;;;;;/q-1;;2*-1;;2*-1;;;;;;;;+2;+3;;;;/p-5. The molecular formula is C59H64F12I6N4O11UV3W4-5. The van der Waals surface area contributed by atoms with Crippen LogP contribution in [0.2, 0.25) is 0 Å². The maximum absolute atomic E-state index is 13.8. The first-order chi connectivity index (χ1) is 43.8. The number of nitrogens with two attached hydrogens (primary N) is 1. The van der Waals surface area contributed by atoms with Crippen LogP contribution in [0.1, 0.15) is 74.8 Å². The summed E-state index contributed by atoms with van der Waals surface area (Å²) in [5, 5.41) is 12.2. The monoisotopic (exact) mass is 3120 g/mol. The first-order valence-electron chi connectivity index (χ1n) is 26.2. The Kier molecular flexibility index (Phi) is 78.6. The van der Waals surface area contributed by atoms with Gasteiger partial charge in [-0.05, 0) is 17.5 Å². The summed E-state index contributed by atoms with van der Waals surface area (Å²) in [6, 6.07) is 39.3. The number of ether oxygens (including phenoxy) is 5. The van der Waals surface area contributed by atoms with Crippen LogP contribution >= 0.6 is 122 Å². The van der Waals surface area contributed by atoms with Crippen molar-refractivity contribution in [2.24, 2.45) is 10.7 Å². The second kappa shape index (κ2) is 65.5. The number of amides is 3. The predicted molar refractivity (Wildman–Crippen MR) is 374 cm³/mol. The zero-order valence-electron chi connectivity index (χ0n) is 53.0. The van der Waals surface area contributed by atoms with Crippen LogP contribution in [0.5, 0.6) is 0 Å². The molecule has 0 aromatic heterocycles. The second-order valence-electron chi connectivity index (χ2n) is 17.5. The van der Waals surface area contributed by atoms with Crippen molar-refractivity contribution in [1.29, 1.82) is 0 Å². The maximum atomic E-state index is 13.8. The van der Waals surface area contributed by atoms with Crippen molar-refractivity contribution in [3.05, 3.63) is 193 Å². The molecule has 41 heteroatoms. The van der Waals surface area contributed by atoms with Gasteiger partial charge in [0, 0.05) is 138 Å². The van der Waals surface area contributed by atoms with Crippen molar-refractivity contribution in [3.8, 4) is 0 Å². The van der Waals surface area contributed by atoms with E-state index < -0.39 is 96.0 Å². The van der Waals surface area contributed by atoms with Crippen molar-refractivity contribution >= 4 is 158 Å². The summed E-state index contributed by atoms with van der Waals surface area (Å²) in [5.74, 6) is -3.45. The van der Waals surface area contributed by atoms with Crippen LogP contribution in [0.3, 0.4) is 0 Å². The van der Waals surface area contributed by atoms with Crippen molar-refractivity contribution in [3.63, 3.8) is 0 Å². The second-order valence-corrected chi connectivity index (χ2v) is 66.8. The fraction of sp³-hybridized carbons (Fsp3) is 0.356. The number of carbonyl (C=O) groups excluding carboxylic acids is 5. The van der Waals surface area contributed by atoms with E-state index in [1.807, 2.05) is 19.2 Å². The minimum atomic E-state index is -5.18. The quantitative estimate of drug-likeness (QED) is 0.0175. The molecule has 1 aliphatic rings. The number of esters is 2. The molecule has 3 amide bonds. The smallest absolute Gasteiger partial charge is 0 e. The average Bonchev–Trinajstić information content (AvgIpc) is 1.16. The zero-order chi connectivity index (χ0) is 73.0. The van der Waals surface area contributed by atoms with Gasteiger partial charge in [0.2, 0.25) is 11.3 Å². The van der Waals surface area contributed by atoms with Crippen LogP contribution in [0.4, 0.5) is 67.1 Å². The SMILES string of the molecule is CCC(C)I.COC(=O)C(=NC(=O)OCc1ccccc1)C(F)(F)F.COC(=O)C(NC(=O)OCc1ccccc1)(c1c[c-]ccc1)C(F)(F)F.NC(CO)(c1c[c-]ccc1)C(F)(F)F.O=C1NC(c2c[c-]ccc2)(C(F)(F)F)CO1.[CH2-]CC.[CH2-]CC.[I][V]([I])[I].[I][V][I].[U].[V].[W].[W].[W].[W]. The Morgan fingerprint density at radius 1 is 0.720 bits per heavy atom. The van der Waals surface area contributed by atoms with E-state index >= 15 is 0 Å². The number of rotatable bonds is 12. The molecule has 0 bridgehead atoms. The van der Waals surface area contributed by atoms with E-state index in [0.29, 0.717) is 20.6 Å². The third-order valence-corrected chi connectivity index (χ3v) is 11.5. The number of halogens is 18. The average molecular weight is 3120 g/mol. The third-order valence-electron chi connectivity index (χ3n) is 10.6. The Balaban J connectivity index is -0.000000145. The molecule has 5 aromatic rings. The van der Waals surface area contributed by atoms with Gasteiger partial charge in [-0.25, -0.2) is 24.0 Å². The number of alkyl halides is 13. The summed E-state index contributed by atoms with van der Waals surface area (Å²) < 4.78 is 178. The number of nitrogens with one attached hydrogen (secondary N) is 2. The molecule has 4 atom stereocenters. The molecule has 1 fully saturated rings. The molecule has 1 aliphatic heterocycles. The molecule has 1 heterocycles. The predicted octanol–water partition coefficient (Wildman–Crippen LogP) is 18.1. The van der Waals surface area contributed by atoms with Crippen LogP contribution in [0.25, 0.3) is 0 Å². The van der Waals surface area contributed by atoms with Crippen LogP contribution in [-0.4, -0.2) is 97.1 Å². The Morgan fingerprint density at radius 3 is 1.40 bits per heavy atom. The summed E-state index contributed by atoms with van der Waals surface area (Å²) in [4.78, 5) is 59.3. The summed E-state index contributed by atoms with van der Waals surface area (Å²) in [6.07, 6.45) is -20.3. The molecule has 15 nitrogen and oxygen atoms in total. The first kappa shape index (κ1) is 120. The van der Waals surface area contributed by atoms with Gasteiger partial charge >= 0.3 is 169 Å². The molecule has 1 saturated heterocycles. The Morgan fingerprint density at radius 2 is 1.11 bits per heavy atom. The van der Waals surface area contributed by atoms with Gasteiger partial charge in [-0.15, -0.1) is 16.7 Å². The number of carbonyl (C=O) groups is 5. The first-order valence-corrected chi connectivity index (χ1v) is 49.9. The molecular weight excluding hydrogens is 3060 g/mol. The number of benzene rings is 5. The topological polar surface area (TPSA) is 214 Å². The van der Waals surface area contributed by atoms with E-state index in [0.717, 1.165) is 49.2 Å². The van der Waals surface area contributed by atoms with E-state index in [1.54, 1.807) is 66.0 Å². The molecule has 0 aliphatic carbocycles. The number of hydrogen-bond donors (Lipinski definition) is 4. The Hall–Kier alpha value is 1.74. The summed E-state index contributed by atoms with van der Waals surface area (Å²) in [7, 11) is 2.17. The van der Waals surface area contributed by atoms with Gasteiger partial charge in [0.1, 0.15) is 25.4 Å². The summed E-state index contributed by atoms with van der Waals surface area (Å²) >= 11 is 14.5. The van der Waals surface area contributed by atoms with Crippen LogP contribution in [0, 0.1) is 63.2 Å². The number of aliphatic hydroxyl groups is 1. The molecule has 1 radical (unpaired) electrons. The van der Waals surface area contributed by atoms with Crippen molar-refractivity contribution in [2.45, 2.75) is 105 Å². The molecule has 5 N–H and O–H groups in total. The van der Waals surface area contributed by atoms with Crippen LogP contribution in [-0.2, 0) is 180 Å². The minimum absolute atomic E-state index is 0. The van der Waals surface area contributed by atoms with Crippen LogP contribution < -0.4 is 16.4 Å². The van der Waals surface area contributed by atoms with E-state index in [9.17, 15) is 76.7 Å². The van der Waals surface area contributed by atoms with Gasteiger partial charge in [-0.2, -0.15) is 162 Å². The number of aliphatic imine (C=N–C) groups is 1. The number of methoxy groups -OCH3 is 2. The number of nitrogens with zero attached hydrogens (tertiary/aromatic N) is 1. The zero-order valence-corrected chi connectivity index (χ0v) is 86.0.